The smallest absolute Gasteiger partial charge is 0.253 e. The van der Waals surface area contributed by atoms with Crippen LogP contribution in [0.2, 0.25) is 5.02 Å². The molecular weight excluding hydrogens is 470 g/mol. The van der Waals surface area contributed by atoms with E-state index in [1.807, 2.05) is 18.2 Å². The Kier molecular flexibility index (Phi) is 7.02. The first-order chi connectivity index (χ1) is 15.3. The number of halogens is 1. The third kappa shape index (κ3) is 4.77. The van der Waals surface area contributed by atoms with Gasteiger partial charge in [0.1, 0.15) is 0 Å². The molecule has 1 saturated heterocycles. The molecule has 2 aromatic carbocycles. The number of sulfonamides is 1. The van der Waals surface area contributed by atoms with Crippen molar-refractivity contribution in [1.29, 1.82) is 0 Å². The minimum Gasteiger partial charge on any atom is -0.378 e. The molecule has 0 saturated carbocycles. The molecule has 1 fully saturated rings. The lowest BCUT2D eigenvalue weighted by Gasteiger charge is -2.31. The second-order valence-electron chi connectivity index (χ2n) is 7.91. The van der Waals surface area contributed by atoms with Crippen molar-refractivity contribution in [3.8, 4) is 0 Å². The van der Waals surface area contributed by atoms with Gasteiger partial charge in [-0.05, 0) is 48.4 Å². The number of thioether (sulfide) groups is 1. The number of hydrogen-bond donors (Lipinski definition) is 1. The van der Waals surface area contributed by atoms with Crippen molar-refractivity contribution in [2.75, 3.05) is 51.1 Å². The standard InChI is InChI=1S/C22H26ClN3O4S2/c1-25(2)32(28,29)16-4-5-20(26-8-10-30-11-9-26)18(14-16)22(27)24-19-7-12-31-21-6-3-15(23)13-17(19)21/h3-6,13-14,19H,7-12H2,1-2H3,(H,24,27)/t19-/m1/s1. The number of ether oxygens (including phenoxy) is 1. The van der Waals surface area contributed by atoms with Crippen LogP contribution in [0.1, 0.15) is 28.4 Å². The van der Waals surface area contributed by atoms with Crippen LogP contribution in [0.3, 0.4) is 0 Å². The predicted molar refractivity (Wildman–Crippen MR) is 127 cm³/mol. The Morgan fingerprint density at radius 3 is 2.66 bits per heavy atom. The summed E-state index contributed by atoms with van der Waals surface area (Å²) in [5.41, 5.74) is 2.05. The highest BCUT2D eigenvalue weighted by atomic mass is 35.5. The van der Waals surface area contributed by atoms with Crippen LogP contribution >= 0.6 is 23.4 Å². The number of carbonyl (C=O) groups is 1. The van der Waals surface area contributed by atoms with E-state index in [-0.39, 0.29) is 16.8 Å². The monoisotopic (exact) mass is 495 g/mol. The Morgan fingerprint density at radius 1 is 1.19 bits per heavy atom. The summed E-state index contributed by atoms with van der Waals surface area (Å²) in [6.45, 7) is 2.40. The summed E-state index contributed by atoms with van der Waals surface area (Å²) in [4.78, 5) is 16.8. The van der Waals surface area contributed by atoms with Gasteiger partial charge in [-0.2, -0.15) is 0 Å². The minimum absolute atomic E-state index is 0.0901. The van der Waals surface area contributed by atoms with Crippen LogP contribution in [0.25, 0.3) is 0 Å². The molecule has 1 atom stereocenters. The van der Waals surface area contributed by atoms with Gasteiger partial charge in [-0.3, -0.25) is 4.79 Å². The Bertz CT molecular complexity index is 1120. The van der Waals surface area contributed by atoms with Gasteiger partial charge in [-0.15, -0.1) is 11.8 Å². The number of nitrogens with zero attached hydrogens (tertiary/aromatic N) is 2. The fraction of sp³-hybridized carbons (Fsp3) is 0.409. The highest BCUT2D eigenvalue weighted by Gasteiger charge is 2.27. The van der Waals surface area contributed by atoms with Gasteiger partial charge in [0, 0.05) is 48.5 Å². The number of nitrogens with one attached hydrogen (secondary N) is 1. The van der Waals surface area contributed by atoms with E-state index in [2.05, 4.69) is 10.2 Å². The van der Waals surface area contributed by atoms with Gasteiger partial charge >= 0.3 is 0 Å². The second-order valence-corrected chi connectivity index (χ2v) is 11.6. The quantitative estimate of drug-likeness (QED) is 0.685. The van der Waals surface area contributed by atoms with Crippen molar-refractivity contribution in [3.63, 3.8) is 0 Å². The Balaban J connectivity index is 1.70. The van der Waals surface area contributed by atoms with Crippen molar-refractivity contribution >= 4 is 45.0 Å². The van der Waals surface area contributed by atoms with Gasteiger partial charge in [0.05, 0.1) is 29.7 Å². The van der Waals surface area contributed by atoms with Crippen LogP contribution < -0.4 is 10.2 Å². The molecule has 0 aliphatic carbocycles. The molecule has 0 radical (unpaired) electrons. The van der Waals surface area contributed by atoms with E-state index in [0.29, 0.717) is 42.6 Å². The molecular formula is C22H26ClN3O4S2. The molecule has 0 bridgehead atoms. The summed E-state index contributed by atoms with van der Waals surface area (Å²) < 4.78 is 32.0. The largest absolute Gasteiger partial charge is 0.378 e. The average molecular weight is 496 g/mol. The van der Waals surface area contributed by atoms with Crippen LogP contribution in [0.4, 0.5) is 5.69 Å². The van der Waals surface area contributed by atoms with Gasteiger partial charge in [0.25, 0.3) is 5.91 Å². The molecule has 32 heavy (non-hydrogen) atoms. The van der Waals surface area contributed by atoms with E-state index < -0.39 is 10.0 Å². The maximum absolute atomic E-state index is 13.5. The molecule has 10 heteroatoms. The number of morpholine rings is 1. The van der Waals surface area contributed by atoms with Gasteiger partial charge in [0.2, 0.25) is 10.0 Å². The molecule has 2 aliphatic heterocycles. The van der Waals surface area contributed by atoms with Gasteiger partial charge in [-0.25, -0.2) is 12.7 Å². The van der Waals surface area contributed by atoms with Crippen molar-refractivity contribution in [2.24, 2.45) is 0 Å². The first-order valence-corrected chi connectivity index (χ1v) is 13.2. The lowest BCUT2D eigenvalue weighted by atomic mass is 10.0. The zero-order valence-electron chi connectivity index (χ0n) is 18.0. The molecule has 2 heterocycles. The number of anilines is 1. The summed E-state index contributed by atoms with van der Waals surface area (Å²) in [5, 5.41) is 3.75. The molecule has 0 aromatic heterocycles. The Hall–Kier alpha value is -1.78. The van der Waals surface area contributed by atoms with E-state index >= 15 is 0 Å². The summed E-state index contributed by atoms with van der Waals surface area (Å²) in [5.74, 6) is 0.579. The van der Waals surface area contributed by atoms with Crippen molar-refractivity contribution in [2.45, 2.75) is 22.3 Å². The van der Waals surface area contributed by atoms with Crippen molar-refractivity contribution < 1.29 is 17.9 Å². The molecule has 2 aromatic rings. The van der Waals surface area contributed by atoms with Gasteiger partial charge < -0.3 is 15.0 Å². The lowest BCUT2D eigenvalue weighted by molar-refractivity contribution is 0.0933. The molecule has 4 rings (SSSR count). The topological polar surface area (TPSA) is 79.0 Å². The normalized spacial score (nSPS) is 19.0. The summed E-state index contributed by atoms with van der Waals surface area (Å²) in [6.07, 6.45) is 0.770. The van der Waals surface area contributed by atoms with Crippen LogP contribution in [-0.4, -0.2) is 64.8 Å². The number of rotatable bonds is 5. The fourth-order valence-corrected chi connectivity index (χ4v) is 6.11. The highest BCUT2D eigenvalue weighted by molar-refractivity contribution is 7.99. The first-order valence-electron chi connectivity index (χ1n) is 10.4. The zero-order valence-corrected chi connectivity index (χ0v) is 20.4. The predicted octanol–water partition coefficient (Wildman–Crippen LogP) is 3.39. The van der Waals surface area contributed by atoms with E-state index in [0.717, 1.165) is 26.9 Å². The second kappa shape index (κ2) is 9.61. The lowest BCUT2D eigenvalue weighted by Crippen LogP contribution is -2.38. The third-order valence-corrected chi connectivity index (χ3v) is 8.83. The summed E-state index contributed by atoms with van der Waals surface area (Å²) in [7, 11) is -0.723. The number of benzene rings is 2. The maximum atomic E-state index is 13.5. The third-order valence-electron chi connectivity index (χ3n) is 5.66. The van der Waals surface area contributed by atoms with Crippen LogP contribution in [0.5, 0.6) is 0 Å². The van der Waals surface area contributed by atoms with Gasteiger partial charge in [0.15, 0.2) is 0 Å². The van der Waals surface area contributed by atoms with Crippen molar-refractivity contribution in [3.05, 3.63) is 52.5 Å². The fourth-order valence-electron chi connectivity index (χ4n) is 3.90. The van der Waals surface area contributed by atoms with Gasteiger partial charge in [-0.1, -0.05) is 11.6 Å². The molecule has 172 valence electrons. The summed E-state index contributed by atoms with van der Waals surface area (Å²) >= 11 is 7.95. The van der Waals surface area contributed by atoms with E-state index in [9.17, 15) is 13.2 Å². The zero-order chi connectivity index (χ0) is 22.9. The van der Waals surface area contributed by atoms with Crippen LogP contribution in [0, 0.1) is 0 Å². The molecule has 2 aliphatic rings. The van der Waals surface area contributed by atoms with E-state index in [4.69, 9.17) is 16.3 Å². The summed E-state index contributed by atoms with van der Waals surface area (Å²) in [6, 6.07) is 10.3. The van der Waals surface area contributed by atoms with E-state index in [1.165, 1.54) is 20.2 Å². The van der Waals surface area contributed by atoms with Crippen LogP contribution in [0.15, 0.2) is 46.2 Å². The Morgan fingerprint density at radius 2 is 1.94 bits per heavy atom. The highest BCUT2D eigenvalue weighted by Crippen LogP contribution is 2.38. The number of amides is 1. The SMILES string of the molecule is CN(C)S(=O)(=O)c1ccc(N2CCOCC2)c(C(=O)N[C@@H]2CCSc3ccc(Cl)cc32)c1. The number of hydrogen-bond acceptors (Lipinski definition) is 6. The number of fused-ring (bicyclic) bond motifs is 1. The molecule has 1 amide bonds. The van der Waals surface area contributed by atoms with Crippen LogP contribution in [-0.2, 0) is 14.8 Å². The Labute approximate surface area is 198 Å². The molecule has 0 spiro atoms. The van der Waals surface area contributed by atoms with Crippen molar-refractivity contribution in [1.82, 2.24) is 9.62 Å². The minimum atomic E-state index is -3.68. The molecule has 0 unspecified atom stereocenters. The average Bonchev–Trinajstić information content (AvgIpc) is 2.79. The van der Waals surface area contributed by atoms with E-state index in [1.54, 1.807) is 23.9 Å². The number of carbonyl (C=O) groups excluding carboxylic acids is 1. The molecule has 7 nitrogen and oxygen atoms in total. The molecule has 1 N–H and O–H groups in total. The maximum Gasteiger partial charge on any atom is 0.253 e. The first kappa shape index (κ1) is 23.4.